The number of rotatable bonds is 4. The summed E-state index contributed by atoms with van der Waals surface area (Å²) in [5, 5.41) is 6.94. The molecule has 0 bridgehead atoms. The third-order valence-corrected chi connectivity index (χ3v) is 5.26. The second-order valence-corrected chi connectivity index (χ2v) is 8.57. The predicted octanol–water partition coefficient (Wildman–Crippen LogP) is 3.03. The van der Waals surface area contributed by atoms with Crippen molar-refractivity contribution in [3.8, 4) is 0 Å². The first-order chi connectivity index (χ1) is 9.26. The molecule has 1 aromatic rings. The van der Waals surface area contributed by atoms with Gasteiger partial charge in [0.05, 0.1) is 5.75 Å². The van der Waals surface area contributed by atoms with E-state index in [1.54, 1.807) is 6.07 Å². The number of aromatic nitrogens is 2. The van der Waals surface area contributed by atoms with Gasteiger partial charge in [-0.05, 0) is 18.8 Å². The molecule has 5 nitrogen and oxygen atoms in total. The Bertz CT molecular complexity index is 537. The Morgan fingerprint density at radius 1 is 1.30 bits per heavy atom. The molecule has 0 aliphatic heterocycles. The summed E-state index contributed by atoms with van der Waals surface area (Å²) < 4.78 is 26.9. The van der Waals surface area contributed by atoms with Crippen LogP contribution in [0.3, 0.4) is 0 Å². The van der Waals surface area contributed by atoms with Gasteiger partial charge in [0.25, 0.3) is 0 Å². The van der Waals surface area contributed by atoms with Crippen LogP contribution in [0, 0.1) is 5.92 Å². The molecular weight excluding hydrogens is 274 g/mol. The van der Waals surface area contributed by atoms with Crippen molar-refractivity contribution in [2.75, 3.05) is 10.5 Å². The molecule has 1 aliphatic rings. The maximum atomic E-state index is 12.2. The monoisotopic (exact) mass is 299 g/mol. The molecule has 1 aromatic heterocycles. The number of anilines is 1. The molecule has 0 spiro atoms. The van der Waals surface area contributed by atoms with Crippen molar-refractivity contribution in [2.45, 2.75) is 58.3 Å². The van der Waals surface area contributed by atoms with Gasteiger partial charge in [-0.1, -0.05) is 40.0 Å². The number of nitrogens with one attached hydrogen (secondary N) is 2. The van der Waals surface area contributed by atoms with Gasteiger partial charge in [-0.2, -0.15) is 5.10 Å². The third kappa shape index (κ3) is 4.23. The molecule has 0 radical (unpaired) electrons. The van der Waals surface area contributed by atoms with Crippen LogP contribution in [0.2, 0.25) is 0 Å². The molecular formula is C14H25N3O2S. The lowest BCUT2D eigenvalue weighted by Gasteiger charge is -2.21. The molecule has 0 amide bonds. The second kappa shape index (κ2) is 5.76. The zero-order valence-electron chi connectivity index (χ0n) is 12.6. The molecule has 0 aromatic carbocycles. The van der Waals surface area contributed by atoms with Crippen LogP contribution in [0.5, 0.6) is 0 Å². The first kappa shape index (κ1) is 15.4. The Morgan fingerprint density at radius 3 is 2.50 bits per heavy atom. The Morgan fingerprint density at radius 2 is 1.95 bits per heavy atom. The van der Waals surface area contributed by atoms with Gasteiger partial charge < -0.3 is 0 Å². The van der Waals surface area contributed by atoms with Gasteiger partial charge in [0, 0.05) is 17.2 Å². The van der Waals surface area contributed by atoms with E-state index in [9.17, 15) is 8.42 Å². The van der Waals surface area contributed by atoms with Gasteiger partial charge in [0.2, 0.25) is 10.0 Å². The lowest BCUT2D eigenvalue weighted by atomic mass is 9.91. The molecule has 114 valence electrons. The quantitative estimate of drug-likeness (QED) is 0.897. The molecule has 2 N–H and O–H groups in total. The highest BCUT2D eigenvalue weighted by Gasteiger charge is 2.23. The van der Waals surface area contributed by atoms with Crippen LogP contribution >= 0.6 is 0 Å². The highest BCUT2D eigenvalue weighted by Crippen LogP contribution is 2.26. The zero-order chi connectivity index (χ0) is 14.8. The number of hydrogen-bond acceptors (Lipinski definition) is 3. The topological polar surface area (TPSA) is 74.8 Å². The molecule has 1 fully saturated rings. The van der Waals surface area contributed by atoms with E-state index in [4.69, 9.17) is 0 Å². The largest absolute Gasteiger partial charge is 0.280 e. The van der Waals surface area contributed by atoms with Crippen molar-refractivity contribution in [2.24, 2.45) is 5.92 Å². The van der Waals surface area contributed by atoms with Crippen LogP contribution in [0.25, 0.3) is 0 Å². The molecule has 1 aliphatic carbocycles. The number of sulfonamides is 1. The Balaban J connectivity index is 1.99. The maximum absolute atomic E-state index is 12.2. The number of H-pyrrole nitrogens is 1. The molecule has 0 unspecified atom stereocenters. The first-order valence-electron chi connectivity index (χ1n) is 7.33. The van der Waals surface area contributed by atoms with Crippen molar-refractivity contribution in [3.63, 3.8) is 0 Å². The van der Waals surface area contributed by atoms with Gasteiger partial charge in [0.15, 0.2) is 5.82 Å². The predicted molar refractivity (Wildman–Crippen MR) is 81.3 cm³/mol. The van der Waals surface area contributed by atoms with E-state index < -0.39 is 10.0 Å². The van der Waals surface area contributed by atoms with E-state index in [2.05, 4.69) is 35.7 Å². The minimum absolute atomic E-state index is 0.0694. The van der Waals surface area contributed by atoms with E-state index in [-0.39, 0.29) is 11.2 Å². The molecule has 1 heterocycles. The van der Waals surface area contributed by atoms with Crippen LogP contribution in [0.1, 0.15) is 58.6 Å². The summed E-state index contributed by atoms with van der Waals surface area (Å²) in [4.78, 5) is 0. The minimum atomic E-state index is -3.30. The fourth-order valence-corrected chi connectivity index (χ4v) is 4.08. The molecule has 1 saturated carbocycles. The first-order valence-corrected chi connectivity index (χ1v) is 8.98. The van der Waals surface area contributed by atoms with Gasteiger partial charge in [-0.25, -0.2) is 8.42 Å². The molecule has 0 atom stereocenters. The summed E-state index contributed by atoms with van der Waals surface area (Å²) in [5.41, 5.74) is 0.855. The van der Waals surface area contributed by atoms with E-state index in [1.807, 2.05) is 0 Å². The van der Waals surface area contributed by atoms with Crippen LogP contribution < -0.4 is 4.72 Å². The summed E-state index contributed by atoms with van der Waals surface area (Å²) in [6.07, 6.45) is 5.58. The smallest absolute Gasteiger partial charge is 0.234 e. The third-order valence-electron chi connectivity index (χ3n) is 3.83. The molecule has 0 saturated heterocycles. The lowest BCUT2D eigenvalue weighted by molar-refractivity contribution is 0.385. The standard InChI is InChI=1S/C14H25N3O2S/c1-14(2,3)12-9-13(16-15-12)17-20(18,19)10-11-7-5-4-6-8-11/h9,11H,4-8,10H2,1-3H3,(H2,15,16,17). The van der Waals surface area contributed by atoms with E-state index in [0.29, 0.717) is 11.7 Å². The van der Waals surface area contributed by atoms with Crippen molar-refractivity contribution in [1.82, 2.24) is 10.2 Å². The summed E-state index contributed by atoms with van der Waals surface area (Å²) in [7, 11) is -3.30. The Hall–Kier alpha value is -1.04. The summed E-state index contributed by atoms with van der Waals surface area (Å²) >= 11 is 0. The molecule has 2 rings (SSSR count). The van der Waals surface area contributed by atoms with Gasteiger partial charge >= 0.3 is 0 Å². The van der Waals surface area contributed by atoms with Gasteiger partial charge in [-0.3, -0.25) is 9.82 Å². The van der Waals surface area contributed by atoms with Crippen LogP contribution in [-0.4, -0.2) is 24.4 Å². The van der Waals surface area contributed by atoms with E-state index in [0.717, 1.165) is 31.4 Å². The van der Waals surface area contributed by atoms with Crippen LogP contribution in [0.15, 0.2) is 6.07 Å². The van der Waals surface area contributed by atoms with E-state index >= 15 is 0 Å². The Labute approximate surface area is 121 Å². The Kier molecular flexibility index (Phi) is 4.42. The highest BCUT2D eigenvalue weighted by atomic mass is 32.2. The van der Waals surface area contributed by atoms with Crippen molar-refractivity contribution < 1.29 is 8.42 Å². The van der Waals surface area contributed by atoms with E-state index in [1.165, 1.54) is 6.42 Å². The fraction of sp³-hybridized carbons (Fsp3) is 0.786. The van der Waals surface area contributed by atoms with Crippen LogP contribution in [0.4, 0.5) is 5.82 Å². The zero-order valence-corrected chi connectivity index (χ0v) is 13.4. The van der Waals surface area contributed by atoms with Crippen molar-refractivity contribution in [1.29, 1.82) is 0 Å². The lowest BCUT2D eigenvalue weighted by Crippen LogP contribution is -2.24. The number of nitrogens with zero attached hydrogens (tertiary/aromatic N) is 1. The summed E-state index contributed by atoms with van der Waals surface area (Å²) in [6, 6.07) is 1.78. The molecule has 6 heteroatoms. The maximum Gasteiger partial charge on any atom is 0.234 e. The fourth-order valence-electron chi connectivity index (χ4n) is 2.62. The average Bonchev–Trinajstić information content (AvgIpc) is 2.77. The van der Waals surface area contributed by atoms with Crippen molar-refractivity contribution in [3.05, 3.63) is 11.8 Å². The minimum Gasteiger partial charge on any atom is -0.280 e. The normalized spacial score (nSPS) is 18.1. The van der Waals surface area contributed by atoms with Crippen LogP contribution in [-0.2, 0) is 15.4 Å². The van der Waals surface area contributed by atoms with Gasteiger partial charge in [0.1, 0.15) is 0 Å². The van der Waals surface area contributed by atoms with Crippen molar-refractivity contribution >= 4 is 15.8 Å². The highest BCUT2D eigenvalue weighted by molar-refractivity contribution is 7.92. The average molecular weight is 299 g/mol. The SMILES string of the molecule is CC(C)(C)c1cc(NS(=O)(=O)CC2CCCCC2)n[nH]1. The number of hydrogen-bond donors (Lipinski definition) is 2. The van der Waals surface area contributed by atoms with Gasteiger partial charge in [-0.15, -0.1) is 0 Å². The summed E-state index contributed by atoms with van der Waals surface area (Å²) in [6.45, 7) is 6.17. The molecule has 20 heavy (non-hydrogen) atoms. The number of aromatic amines is 1. The summed E-state index contributed by atoms with van der Waals surface area (Å²) in [5.74, 6) is 0.901. The second-order valence-electron chi connectivity index (χ2n) is 6.80.